The second kappa shape index (κ2) is 7.68. The minimum Gasteiger partial charge on any atom is -0.457 e. The Morgan fingerprint density at radius 1 is 0.680 bits per heavy atom. The van der Waals surface area contributed by atoms with Crippen LogP contribution in [-0.2, 0) is 10.1 Å². The van der Waals surface area contributed by atoms with Crippen LogP contribution in [-0.4, -0.2) is 8.42 Å². The number of para-hydroxylation sites is 1. The summed E-state index contributed by atoms with van der Waals surface area (Å²) in [6.45, 7) is 0. The van der Waals surface area contributed by atoms with E-state index in [0.717, 1.165) is 11.0 Å². The Morgan fingerprint density at radius 3 is 2.00 bits per heavy atom. The van der Waals surface area contributed by atoms with Gasteiger partial charge in [0.2, 0.25) is 0 Å². The third-order valence-corrected chi connectivity index (χ3v) is 4.12. The van der Waals surface area contributed by atoms with Gasteiger partial charge in [0.05, 0.1) is 5.41 Å². The highest BCUT2D eigenvalue weighted by Crippen LogP contribution is 2.26. The minimum absolute atomic E-state index is 0.186. The summed E-state index contributed by atoms with van der Waals surface area (Å²) in [5.74, 6) is 1.34. The molecule has 0 bridgehead atoms. The highest BCUT2D eigenvalue weighted by atomic mass is 32.2. The van der Waals surface area contributed by atoms with Gasteiger partial charge in [-0.3, -0.25) is 0 Å². The van der Waals surface area contributed by atoms with Crippen molar-refractivity contribution >= 4 is 16.2 Å². The van der Waals surface area contributed by atoms with Gasteiger partial charge < -0.3 is 8.92 Å². The summed E-state index contributed by atoms with van der Waals surface area (Å²) in [5.41, 5.74) is 0.774. The van der Waals surface area contributed by atoms with Crippen LogP contribution in [0.15, 0.2) is 90.3 Å². The summed E-state index contributed by atoms with van der Waals surface area (Å²) in [4.78, 5) is 0. The minimum atomic E-state index is -3.86. The standard InChI is InChI=1S/C20H16O4S/c21-25(22,15-14-17-8-3-1-4-9-17)24-20-13-7-12-19(16-20)23-18-10-5-2-6-11-18/h1-16H. The molecule has 0 N–H and O–H groups in total. The summed E-state index contributed by atoms with van der Waals surface area (Å²) < 4.78 is 35.0. The summed E-state index contributed by atoms with van der Waals surface area (Å²) in [6.07, 6.45) is 1.49. The molecular formula is C20H16O4S. The molecule has 4 nitrogen and oxygen atoms in total. The normalized spacial score (nSPS) is 11.4. The van der Waals surface area contributed by atoms with Crippen molar-refractivity contribution in [3.63, 3.8) is 0 Å². The van der Waals surface area contributed by atoms with Gasteiger partial charge in [-0.05, 0) is 35.9 Å². The largest absolute Gasteiger partial charge is 0.457 e. The maximum absolute atomic E-state index is 12.1. The van der Waals surface area contributed by atoms with E-state index in [9.17, 15) is 8.42 Å². The molecule has 0 aliphatic carbocycles. The molecule has 5 heteroatoms. The molecule has 0 spiro atoms. The molecule has 0 saturated carbocycles. The molecule has 0 amide bonds. The average molecular weight is 352 g/mol. The van der Waals surface area contributed by atoms with Gasteiger partial charge in [-0.25, -0.2) is 0 Å². The molecule has 126 valence electrons. The van der Waals surface area contributed by atoms with E-state index in [-0.39, 0.29) is 5.75 Å². The van der Waals surface area contributed by atoms with Crippen molar-refractivity contribution in [1.82, 2.24) is 0 Å². The van der Waals surface area contributed by atoms with Crippen molar-refractivity contribution in [2.24, 2.45) is 0 Å². The third-order valence-electron chi connectivity index (χ3n) is 3.22. The molecule has 0 heterocycles. The van der Waals surface area contributed by atoms with Gasteiger partial charge in [0.25, 0.3) is 0 Å². The molecule has 0 radical (unpaired) electrons. The fourth-order valence-electron chi connectivity index (χ4n) is 2.10. The lowest BCUT2D eigenvalue weighted by Crippen LogP contribution is -2.05. The van der Waals surface area contributed by atoms with Gasteiger partial charge in [0, 0.05) is 6.07 Å². The first-order valence-electron chi connectivity index (χ1n) is 7.61. The first-order valence-corrected chi connectivity index (χ1v) is 9.08. The number of rotatable bonds is 6. The lowest BCUT2D eigenvalue weighted by atomic mass is 10.2. The van der Waals surface area contributed by atoms with Gasteiger partial charge in [-0.1, -0.05) is 54.6 Å². The Morgan fingerprint density at radius 2 is 1.28 bits per heavy atom. The van der Waals surface area contributed by atoms with Crippen molar-refractivity contribution in [2.45, 2.75) is 0 Å². The predicted molar refractivity (Wildman–Crippen MR) is 98.0 cm³/mol. The van der Waals surface area contributed by atoms with Crippen molar-refractivity contribution in [1.29, 1.82) is 0 Å². The second-order valence-corrected chi connectivity index (χ2v) is 6.60. The molecule has 0 fully saturated rings. The Bertz CT molecular complexity index is 949. The molecule has 0 saturated heterocycles. The van der Waals surface area contributed by atoms with E-state index < -0.39 is 10.1 Å². The molecule has 0 atom stereocenters. The topological polar surface area (TPSA) is 52.6 Å². The molecule has 0 aliphatic heterocycles. The fourth-order valence-corrected chi connectivity index (χ4v) is 2.85. The quantitative estimate of drug-likeness (QED) is 0.595. The third kappa shape index (κ3) is 5.22. The van der Waals surface area contributed by atoms with E-state index in [4.69, 9.17) is 8.92 Å². The molecule has 25 heavy (non-hydrogen) atoms. The molecular weight excluding hydrogens is 336 g/mol. The van der Waals surface area contributed by atoms with E-state index in [1.54, 1.807) is 30.3 Å². The van der Waals surface area contributed by atoms with E-state index >= 15 is 0 Å². The predicted octanol–water partition coefficient (Wildman–Crippen LogP) is 4.86. The molecule has 0 unspecified atom stereocenters. The molecule has 0 aromatic heterocycles. The Kier molecular flexibility index (Phi) is 5.16. The van der Waals surface area contributed by atoms with Crippen LogP contribution in [0.1, 0.15) is 5.56 Å². The summed E-state index contributed by atoms with van der Waals surface area (Å²) in [7, 11) is -3.86. The first-order chi connectivity index (χ1) is 12.1. The van der Waals surface area contributed by atoms with Gasteiger partial charge in [0.1, 0.15) is 17.2 Å². The van der Waals surface area contributed by atoms with Crippen molar-refractivity contribution < 1.29 is 17.3 Å². The van der Waals surface area contributed by atoms with E-state index in [2.05, 4.69) is 0 Å². The van der Waals surface area contributed by atoms with Gasteiger partial charge in [-0.15, -0.1) is 0 Å². The maximum atomic E-state index is 12.1. The van der Waals surface area contributed by atoms with Crippen molar-refractivity contribution in [3.05, 3.63) is 95.9 Å². The Labute approximate surface area is 147 Å². The van der Waals surface area contributed by atoms with Crippen LogP contribution >= 0.6 is 0 Å². The SMILES string of the molecule is O=S(=O)(C=Cc1ccccc1)Oc1cccc(Oc2ccccc2)c1. The zero-order chi connectivity index (χ0) is 17.5. The first kappa shape index (κ1) is 16.8. The lowest BCUT2D eigenvalue weighted by Gasteiger charge is -2.08. The van der Waals surface area contributed by atoms with Crippen molar-refractivity contribution in [3.8, 4) is 17.2 Å². The fraction of sp³-hybridized carbons (Fsp3) is 0. The van der Waals surface area contributed by atoms with Gasteiger partial charge in [0.15, 0.2) is 0 Å². The number of ether oxygens (including phenoxy) is 1. The number of hydrogen-bond donors (Lipinski definition) is 0. The van der Waals surface area contributed by atoms with Crippen LogP contribution in [0.4, 0.5) is 0 Å². The highest BCUT2D eigenvalue weighted by Gasteiger charge is 2.09. The zero-order valence-corrected chi connectivity index (χ0v) is 14.1. The second-order valence-electron chi connectivity index (χ2n) is 5.18. The zero-order valence-electron chi connectivity index (χ0n) is 13.3. The number of hydrogen-bond acceptors (Lipinski definition) is 4. The van der Waals surface area contributed by atoms with Crippen LogP contribution in [0.3, 0.4) is 0 Å². The van der Waals surface area contributed by atoms with Crippen molar-refractivity contribution in [2.75, 3.05) is 0 Å². The molecule has 3 rings (SSSR count). The summed E-state index contributed by atoms with van der Waals surface area (Å²) >= 11 is 0. The Hall–Kier alpha value is -3.05. The van der Waals surface area contributed by atoms with Crippen LogP contribution in [0, 0.1) is 0 Å². The van der Waals surface area contributed by atoms with Crippen LogP contribution in [0.2, 0.25) is 0 Å². The molecule has 3 aromatic carbocycles. The lowest BCUT2D eigenvalue weighted by molar-refractivity contribution is 0.472. The van der Waals surface area contributed by atoms with Crippen LogP contribution in [0.25, 0.3) is 6.08 Å². The van der Waals surface area contributed by atoms with Gasteiger partial charge >= 0.3 is 10.1 Å². The molecule has 0 aliphatic rings. The highest BCUT2D eigenvalue weighted by molar-refractivity contribution is 7.90. The van der Waals surface area contributed by atoms with Crippen LogP contribution < -0.4 is 8.92 Å². The number of benzene rings is 3. The summed E-state index contributed by atoms with van der Waals surface area (Å²) in [6, 6.07) is 24.8. The van der Waals surface area contributed by atoms with E-state index in [1.165, 1.54) is 12.1 Å². The summed E-state index contributed by atoms with van der Waals surface area (Å²) in [5, 5.41) is 1.03. The van der Waals surface area contributed by atoms with Gasteiger partial charge in [-0.2, -0.15) is 8.42 Å². The monoisotopic (exact) mass is 352 g/mol. The van der Waals surface area contributed by atoms with E-state index in [1.807, 2.05) is 48.5 Å². The molecule has 3 aromatic rings. The van der Waals surface area contributed by atoms with Crippen LogP contribution in [0.5, 0.6) is 17.2 Å². The smallest absolute Gasteiger partial charge is 0.332 e. The maximum Gasteiger partial charge on any atom is 0.332 e. The average Bonchev–Trinajstić information content (AvgIpc) is 2.62. The van der Waals surface area contributed by atoms with E-state index in [0.29, 0.717) is 11.5 Å². The Balaban J connectivity index is 1.72.